The number of aromatic amines is 1. The van der Waals surface area contributed by atoms with Gasteiger partial charge in [-0.15, -0.1) is 0 Å². The van der Waals surface area contributed by atoms with Crippen molar-refractivity contribution in [3.05, 3.63) is 11.9 Å². The van der Waals surface area contributed by atoms with Crippen LogP contribution in [-0.2, 0) is 5.41 Å². The van der Waals surface area contributed by atoms with Crippen LogP contribution in [0.4, 0.5) is 0 Å². The van der Waals surface area contributed by atoms with Gasteiger partial charge in [0.2, 0.25) is 0 Å². The minimum absolute atomic E-state index is 0.217. The van der Waals surface area contributed by atoms with Gasteiger partial charge in [-0.1, -0.05) is 72.1 Å². The standard InChI is InChI=1S/C16H31N3/c1-4-6-8-10-12-16(3,13-11-9-7-5-2)15-14-17-19-18-15/h14H,4-13H2,1-3H3,(H,17,18,19). The van der Waals surface area contributed by atoms with Gasteiger partial charge in [-0.2, -0.15) is 15.4 Å². The molecule has 19 heavy (non-hydrogen) atoms. The van der Waals surface area contributed by atoms with E-state index in [4.69, 9.17) is 0 Å². The molecule has 1 aromatic heterocycles. The number of unbranched alkanes of at least 4 members (excludes halogenated alkanes) is 6. The molecule has 1 N–H and O–H groups in total. The lowest BCUT2D eigenvalue weighted by Gasteiger charge is -2.27. The number of nitrogens with one attached hydrogen (secondary N) is 1. The molecule has 3 heteroatoms. The van der Waals surface area contributed by atoms with Crippen molar-refractivity contribution in [3.63, 3.8) is 0 Å². The number of hydrogen-bond donors (Lipinski definition) is 1. The van der Waals surface area contributed by atoms with Gasteiger partial charge in [0.15, 0.2) is 0 Å². The van der Waals surface area contributed by atoms with Gasteiger partial charge in [0.1, 0.15) is 0 Å². The lowest BCUT2D eigenvalue weighted by Crippen LogP contribution is -2.22. The molecule has 1 aromatic rings. The molecule has 0 fully saturated rings. The fourth-order valence-electron chi connectivity index (χ4n) is 2.76. The summed E-state index contributed by atoms with van der Waals surface area (Å²) in [6.07, 6.45) is 15.0. The fourth-order valence-corrected chi connectivity index (χ4v) is 2.76. The molecule has 0 saturated carbocycles. The number of nitrogens with zero attached hydrogens (tertiary/aromatic N) is 2. The van der Waals surface area contributed by atoms with E-state index in [9.17, 15) is 0 Å². The Morgan fingerprint density at radius 1 is 0.947 bits per heavy atom. The zero-order valence-electron chi connectivity index (χ0n) is 13.0. The van der Waals surface area contributed by atoms with E-state index in [0.717, 1.165) is 5.69 Å². The highest BCUT2D eigenvalue weighted by molar-refractivity contribution is 5.09. The third-order valence-electron chi connectivity index (χ3n) is 4.20. The minimum atomic E-state index is 0.217. The zero-order valence-corrected chi connectivity index (χ0v) is 13.0. The minimum Gasteiger partial charge on any atom is -0.198 e. The third-order valence-corrected chi connectivity index (χ3v) is 4.20. The normalized spacial score (nSPS) is 11.9. The molecule has 110 valence electrons. The topological polar surface area (TPSA) is 41.6 Å². The molecule has 1 heterocycles. The van der Waals surface area contributed by atoms with E-state index in [1.165, 1.54) is 64.2 Å². The summed E-state index contributed by atoms with van der Waals surface area (Å²) in [5.74, 6) is 0. The van der Waals surface area contributed by atoms with Gasteiger partial charge in [0.25, 0.3) is 0 Å². The van der Waals surface area contributed by atoms with Gasteiger partial charge >= 0.3 is 0 Å². The SMILES string of the molecule is CCCCCCC(C)(CCCCCC)c1cn[nH]n1. The molecule has 0 spiro atoms. The van der Waals surface area contributed by atoms with Gasteiger partial charge in [-0.25, -0.2) is 0 Å². The van der Waals surface area contributed by atoms with Crippen molar-refractivity contribution >= 4 is 0 Å². The summed E-state index contributed by atoms with van der Waals surface area (Å²) in [6, 6.07) is 0. The predicted octanol–water partition coefficient (Wildman–Crippen LogP) is 5.00. The van der Waals surface area contributed by atoms with Gasteiger partial charge in [0, 0.05) is 5.41 Å². The maximum Gasteiger partial charge on any atom is 0.0883 e. The molecule has 0 aromatic carbocycles. The first-order valence-electron chi connectivity index (χ1n) is 8.09. The second-order valence-electron chi connectivity index (χ2n) is 6.04. The molecule has 0 aliphatic heterocycles. The first-order valence-corrected chi connectivity index (χ1v) is 8.09. The van der Waals surface area contributed by atoms with Gasteiger partial charge in [0.05, 0.1) is 11.9 Å². The molecule has 0 saturated heterocycles. The van der Waals surface area contributed by atoms with Crippen molar-refractivity contribution in [3.8, 4) is 0 Å². The van der Waals surface area contributed by atoms with E-state index in [1.54, 1.807) is 0 Å². The largest absolute Gasteiger partial charge is 0.198 e. The van der Waals surface area contributed by atoms with E-state index >= 15 is 0 Å². The second-order valence-corrected chi connectivity index (χ2v) is 6.04. The van der Waals surface area contributed by atoms with Crippen molar-refractivity contribution < 1.29 is 0 Å². The van der Waals surface area contributed by atoms with Gasteiger partial charge in [-0.05, 0) is 12.8 Å². The lowest BCUT2D eigenvalue weighted by molar-refractivity contribution is 0.355. The third kappa shape index (κ3) is 5.75. The summed E-state index contributed by atoms with van der Waals surface area (Å²) in [4.78, 5) is 0. The van der Waals surface area contributed by atoms with Crippen molar-refractivity contribution in [2.45, 2.75) is 90.4 Å². The van der Waals surface area contributed by atoms with Crippen LogP contribution in [0.3, 0.4) is 0 Å². The first-order chi connectivity index (χ1) is 9.23. The van der Waals surface area contributed by atoms with E-state index in [0.29, 0.717) is 0 Å². The highest BCUT2D eigenvalue weighted by Crippen LogP contribution is 2.33. The molecular formula is C16H31N3. The van der Waals surface area contributed by atoms with Crippen LogP contribution in [0.25, 0.3) is 0 Å². The maximum atomic E-state index is 4.35. The predicted molar refractivity (Wildman–Crippen MR) is 81.3 cm³/mol. The fraction of sp³-hybridized carbons (Fsp3) is 0.875. The molecule has 3 nitrogen and oxygen atoms in total. The number of rotatable bonds is 11. The summed E-state index contributed by atoms with van der Waals surface area (Å²) in [5, 5.41) is 11.1. The molecule has 0 aliphatic carbocycles. The lowest BCUT2D eigenvalue weighted by atomic mass is 9.77. The van der Waals surface area contributed by atoms with Crippen molar-refractivity contribution in [2.24, 2.45) is 0 Å². The van der Waals surface area contributed by atoms with Gasteiger partial charge in [-0.3, -0.25) is 0 Å². The highest BCUT2D eigenvalue weighted by Gasteiger charge is 2.28. The maximum absolute atomic E-state index is 4.35. The van der Waals surface area contributed by atoms with E-state index in [-0.39, 0.29) is 5.41 Å². The smallest absolute Gasteiger partial charge is 0.0883 e. The first kappa shape index (κ1) is 16.2. The Balaban J connectivity index is 2.47. The van der Waals surface area contributed by atoms with Crippen molar-refractivity contribution in [2.75, 3.05) is 0 Å². The monoisotopic (exact) mass is 265 g/mol. The van der Waals surface area contributed by atoms with E-state index < -0.39 is 0 Å². The summed E-state index contributed by atoms with van der Waals surface area (Å²) < 4.78 is 0. The van der Waals surface area contributed by atoms with Gasteiger partial charge < -0.3 is 0 Å². The van der Waals surface area contributed by atoms with Crippen molar-refractivity contribution in [1.82, 2.24) is 15.4 Å². The van der Waals surface area contributed by atoms with Crippen molar-refractivity contribution in [1.29, 1.82) is 0 Å². The second kappa shape index (κ2) is 9.11. The molecule has 0 atom stereocenters. The van der Waals surface area contributed by atoms with Crippen LogP contribution in [0.1, 0.15) is 90.7 Å². The Hall–Kier alpha value is -0.860. The average Bonchev–Trinajstić information content (AvgIpc) is 2.95. The van der Waals surface area contributed by atoms with Crippen LogP contribution in [0.15, 0.2) is 6.20 Å². The Kier molecular flexibility index (Phi) is 7.76. The van der Waals surface area contributed by atoms with E-state index in [1.807, 2.05) is 6.20 Å². The summed E-state index contributed by atoms with van der Waals surface area (Å²) in [5.41, 5.74) is 1.37. The van der Waals surface area contributed by atoms with Crippen LogP contribution in [0.5, 0.6) is 0 Å². The Morgan fingerprint density at radius 3 is 1.95 bits per heavy atom. The number of aromatic nitrogens is 3. The summed E-state index contributed by atoms with van der Waals surface area (Å²) >= 11 is 0. The Morgan fingerprint density at radius 2 is 1.53 bits per heavy atom. The van der Waals surface area contributed by atoms with Crippen LogP contribution in [0.2, 0.25) is 0 Å². The van der Waals surface area contributed by atoms with Crippen LogP contribution < -0.4 is 0 Å². The van der Waals surface area contributed by atoms with Crippen LogP contribution in [-0.4, -0.2) is 15.4 Å². The quantitative estimate of drug-likeness (QED) is 0.572. The van der Waals surface area contributed by atoms with Crippen LogP contribution in [0, 0.1) is 0 Å². The molecule has 0 aliphatic rings. The summed E-state index contributed by atoms with van der Waals surface area (Å²) in [6.45, 7) is 6.89. The highest BCUT2D eigenvalue weighted by atomic mass is 15.3. The molecule has 0 unspecified atom stereocenters. The molecule has 1 rings (SSSR count). The number of hydrogen-bond acceptors (Lipinski definition) is 2. The molecule has 0 radical (unpaired) electrons. The Bertz CT molecular complexity index is 294. The number of H-pyrrole nitrogens is 1. The average molecular weight is 265 g/mol. The molecular weight excluding hydrogens is 234 g/mol. The molecule has 0 amide bonds. The molecule has 0 bridgehead atoms. The summed E-state index contributed by atoms with van der Waals surface area (Å²) in [7, 11) is 0. The Labute approximate surface area is 118 Å². The van der Waals surface area contributed by atoms with E-state index in [2.05, 4.69) is 36.2 Å². The zero-order chi connectivity index (χ0) is 14.0. The van der Waals surface area contributed by atoms with Crippen LogP contribution >= 0.6 is 0 Å².